The molecule has 2 aromatic carbocycles. The Morgan fingerprint density at radius 1 is 1.16 bits per heavy atom. The number of halogens is 2. The first-order chi connectivity index (χ1) is 12.0. The lowest BCUT2D eigenvalue weighted by molar-refractivity contribution is -0.116. The Kier molecular flexibility index (Phi) is 5.36. The summed E-state index contributed by atoms with van der Waals surface area (Å²) in [6.45, 7) is 2.01. The lowest BCUT2D eigenvalue weighted by atomic mass is 10.1. The van der Waals surface area contributed by atoms with E-state index in [4.69, 9.17) is 27.7 Å². The van der Waals surface area contributed by atoms with E-state index < -0.39 is 0 Å². The number of anilines is 1. The Morgan fingerprint density at radius 3 is 2.68 bits per heavy atom. The van der Waals surface area contributed by atoms with Gasteiger partial charge in [0, 0.05) is 18.4 Å². The predicted octanol–water partition coefficient (Wildman–Crippen LogP) is 4.92. The predicted molar refractivity (Wildman–Crippen MR) is 97.9 cm³/mol. The van der Waals surface area contributed by atoms with Crippen molar-refractivity contribution in [1.29, 1.82) is 0 Å². The van der Waals surface area contributed by atoms with Crippen molar-refractivity contribution in [2.24, 2.45) is 0 Å². The second-order valence-electron chi connectivity index (χ2n) is 5.53. The van der Waals surface area contributed by atoms with Gasteiger partial charge in [0.15, 0.2) is 0 Å². The molecule has 0 aliphatic rings. The molecule has 0 bridgehead atoms. The van der Waals surface area contributed by atoms with Crippen molar-refractivity contribution >= 4 is 34.8 Å². The average molecular weight is 376 g/mol. The van der Waals surface area contributed by atoms with Crippen LogP contribution in [0.3, 0.4) is 0 Å². The van der Waals surface area contributed by atoms with Crippen LogP contribution in [-0.4, -0.2) is 16.0 Å². The van der Waals surface area contributed by atoms with E-state index in [1.807, 2.05) is 31.2 Å². The highest BCUT2D eigenvalue weighted by Crippen LogP contribution is 2.29. The van der Waals surface area contributed by atoms with Gasteiger partial charge in [-0.3, -0.25) is 4.79 Å². The third-order valence-electron chi connectivity index (χ3n) is 3.57. The monoisotopic (exact) mass is 375 g/mol. The van der Waals surface area contributed by atoms with Crippen LogP contribution in [0.2, 0.25) is 10.0 Å². The fraction of sp³-hybridized carbons (Fsp3) is 0.167. The Labute approximate surface area is 155 Å². The van der Waals surface area contributed by atoms with Crippen LogP contribution >= 0.6 is 23.2 Å². The fourth-order valence-electron chi connectivity index (χ4n) is 2.21. The molecule has 25 heavy (non-hydrogen) atoms. The van der Waals surface area contributed by atoms with E-state index in [2.05, 4.69) is 15.5 Å². The molecule has 1 aromatic heterocycles. The van der Waals surface area contributed by atoms with Gasteiger partial charge in [-0.2, -0.15) is 4.98 Å². The molecule has 0 saturated heterocycles. The number of rotatable bonds is 5. The van der Waals surface area contributed by atoms with Crippen molar-refractivity contribution in [2.75, 3.05) is 5.32 Å². The molecule has 0 radical (unpaired) electrons. The van der Waals surface area contributed by atoms with Crippen molar-refractivity contribution in [3.8, 4) is 11.4 Å². The molecule has 3 rings (SSSR count). The van der Waals surface area contributed by atoms with E-state index in [0.717, 1.165) is 11.1 Å². The van der Waals surface area contributed by atoms with Gasteiger partial charge < -0.3 is 9.84 Å². The first-order valence-corrected chi connectivity index (χ1v) is 8.42. The van der Waals surface area contributed by atoms with Gasteiger partial charge in [0.25, 0.3) is 0 Å². The molecule has 0 unspecified atom stereocenters. The second-order valence-corrected chi connectivity index (χ2v) is 6.31. The topological polar surface area (TPSA) is 68.0 Å². The minimum absolute atomic E-state index is 0.193. The molecule has 0 saturated carbocycles. The smallest absolute Gasteiger partial charge is 0.227 e. The second kappa shape index (κ2) is 7.68. The first-order valence-electron chi connectivity index (χ1n) is 7.66. The molecule has 0 fully saturated rings. The highest BCUT2D eigenvalue weighted by Gasteiger charge is 2.12. The highest BCUT2D eigenvalue weighted by molar-refractivity contribution is 6.43. The van der Waals surface area contributed by atoms with E-state index in [1.54, 1.807) is 18.2 Å². The lowest BCUT2D eigenvalue weighted by Crippen LogP contribution is -2.12. The van der Waals surface area contributed by atoms with Gasteiger partial charge in [-0.1, -0.05) is 64.3 Å². The quantitative estimate of drug-likeness (QED) is 0.686. The van der Waals surface area contributed by atoms with Crippen LogP contribution in [0.5, 0.6) is 0 Å². The number of benzene rings is 2. The summed E-state index contributed by atoms with van der Waals surface area (Å²) in [4.78, 5) is 16.4. The average Bonchev–Trinajstić information content (AvgIpc) is 3.07. The van der Waals surface area contributed by atoms with Gasteiger partial charge >= 0.3 is 0 Å². The number of aromatic nitrogens is 2. The summed E-state index contributed by atoms with van der Waals surface area (Å²) in [5.41, 5.74) is 2.50. The van der Waals surface area contributed by atoms with E-state index in [0.29, 0.717) is 33.9 Å². The summed E-state index contributed by atoms with van der Waals surface area (Å²) in [6, 6.07) is 12.9. The van der Waals surface area contributed by atoms with Crippen LogP contribution in [0.25, 0.3) is 11.4 Å². The Morgan fingerprint density at radius 2 is 1.92 bits per heavy atom. The van der Waals surface area contributed by atoms with Crippen molar-refractivity contribution in [2.45, 2.75) is 19.8 Å². The van der Waals surface area contributed by atoms with Crippen LogP contribution in [0.4, 0.5) is 5.69 Å². The van der Waals surface area contributed by atoms with Crippen LogP contribution < -0.4 is 5.32 Å². The fourth-order valence-corrected chi connectivity index (χ4v) is 2.56. The van der Waals surface area contributed by atoms with E-state index >= 15 is 0 Å². The number of carbonyl (C=O) groups is 1. The summed E-state index contributed by atoms with van der Waals surface area (Å²) in [5.74, 6) is 0.704. The molecular formula is C18H15Cl2N3O2. The number of aryl methyl sites for hydroxylation is 2. The van der Waals surface area contributed by atoms with Crippen LogP contribution in [-0.2, 0) is 11.2 Å². The minimum Gasteiger partial charge on any atom is -0.339 e. The number of hydrogen-bond acceptors (Lipinski definition) is 4. The maximum Gasteiger partial charge on any atom is 0.227 e. The molecule has 128 valence electrons. The molecule has 1 N–H and O–H groups in total. The molecule has 1 amide bonds. The van der Waals surface area contributed by atoms with Crippen LogP contribution in [0, 0.1) is 6.92 Å². The molecule has 0 aliphatic heterocycles. The van der Waals surface area contributed by atoms with Crippen molar-refractivity contribution < 1.29 is 9.32 Å². The van der Waals surface area contributed by atoms with E-state index in [-0.39, 0.29) is 12.3 Å². The van der Waals surface area contributed by atoms with E-state index in [1.165, 1.54) is 0 Å². The minimum atomic E-state index is -0.209. The Hall–Kier alpha value is -2.37. The zero-order chi connectivity index (χ0) is 17.8. The van der Waals surface area contributed by atoms with Gasteiger partial charge in [-0.05, 0) is 19.1 Å². The maximum atomic E-state index is 12.1. The third kappa shape index (κ3) is 4.38. The first kappa shape index (κ1) is 17.5. The van der Waals surface area contributed by atoms with Gasteiger partial charge in [0.1, 0.15) is 0 Å². The van der Waals surface area contributed by atoms with Crippen LogP contribution in [0.1, 0.15) is 17.9 Å². The molecule has 3 aromatic rings. The Balaban J connectivity index is 1.59. The van der Waals surface area contributed by atoms with Gasteiger partial charge in [-0.15, -0.1) is 0 Å². The third-order valence-corrected chi connectivity index (χ3v) is 4.39. The lowest BCUT2D eigenvalue weighted by Gasteiger charge is -2.07. The molecule has 5 nitrogen and oxygen atoms in total. The number of hydrogen-bond donors (Lipinski definition) is 1. The number of nitrogens with one attached hydrogen (secondary N) is 1. The standard InChI is InChI=1S/C18H15Cl2N3O2/c1-11-5-7-12(8-6-11)18-22-16(25-23-18)10-9-15(24)21-14-4-2-3-13(19)17(14)20/h2-8H,9-10H2,1H3,(H,21,24). The summed E-state index contributed by atoms with van der Waals surface area (Å²) < 4.78 is 5.20. The van der Waals surface area contributed by atoms with Gasteiger partial charge in [-0.25, -0.2) is 0 Å². The molecule has 0 aliphatic carbocycles. The zero-order valence-electron chi connectivity index (χ0n) is 13.4. The van der Waals surface area contributed by atoms with Crippen LogP contribution in [0.15, 0.2) is 47.0 Å². The number of nitrogens with zero attached hydrogens (tertiary/aromatic N) is 2. The van der Waals surface area contributed by atoms with E-state index in [9.17, 15) is 4.79 Å². The summed E-state index contributed by atoms with van der Waals surface area (Å²) in [7, 11) is 0. The molecule has 7 heteroatoms. The number of carbonyl (C=O) groups excluding carboxylic acids is 1. The summed E-state index contributed by atoms with van der Waals surface area (Å²) in [5, 5.41) is 7.37. The van der Waals surface area contributed by atoms with Crippen molar-refractivity contribution in [3.05, 3.63) is 64.0 Å². The normalized spacial score (nSPS) is 10.7. The van der Waals surface area contributed by atoms with Gasteiger partial charge in [0.05, 0.1) is 15.7 Å². The largest absolute Gasteiger partial charge is 0.339 e. The summed E-state index contributed by atoms with van der Waals surface area (Å²) in [6.07, 6.45) is 0.529. The zero-order valence-corrected chi connectivity index (χ0v) is 14.9. The SMILES string of the molecule is Cc1ccc(-c2noc(CCC(=O)Nc3cccc(Cl)c3Cl)n2)cc1. The highest BCUT2D eigenvalue weighted by atomic mass is 35.5. The molecule has 1 heterocycles. The van der Waals surface area contributed by atoms with Crippen molar-refractivity contribution in [1.82, 2.24) is 10.1 Å². The number of amides is 1. The maximum absolute atomic E-state index is 12.1. The Bertz CT molecular complexity index is 892. The summed E-state index contributed by atoms with van der Waals surface area (Å²) >= 11 is 12.0. The van der Waals surface area contributed by atoms with Crippen molar-refractivity contribution in [3.63, 3.8) is 0 Å². The van der Waals surface area contributed by atoms with Gasteiger partial charge in [0.2, 0.25) is 17.6 Å². The molecule has 0 atom stereocenters. The molecule has 0 spiro atoms. The molecular weight excluding hydrogens is 361 g/mol.